The van der Waals surface area contributed by atoms with Gasteiger partial charge in [0.2, 0.25) is 0 Å². The van der Waals surface area contributed by atoms with Crippen LogP contribution < -0.4 is 5.73 Å². The molecule has 1 atom stereocenters. The second-order valence-electron chi connectivity index (χ2n) is 4.06. The third kappa shape index (κ3) is 2.07. The molecule has 0 saturated carbocycles. The van der Waals surface area contributed by atoms with Crippen LogP contribution in [0.25, 0.3) is 0 Å². The second kappa shape index (κ2) is 4.01. The predicted molar refractivity (Wildman–Crippen MR) is 56.9 cm³/mol. The fourth-order valence-electron chi connectivity index (χ4n) is 1.98. The molecule has 0 fully saturated rings. The highest BCUT2D eigenvalue weighted by Crippen LogP contribution is 2.27. The van der Waals surface area contributed by atoms with E-state index in [1.807, 2.05) is 13.0 Å². The Morgan fingerprint density at radius 2 is 2.43 bits per heavy atom. The molecule has 2 rings (SSSR count). The molecule has 2 nitrogen and oxygen atoms in total. The van der Waals surface area contributed by atoms with Gasteiger partial charge in [-0.2, -0.15) is 0 Å². The first-order valence-electron chi connectivity index (χ1n) is 5.24. The largest absolute Gasteiger partial charge is 0.469 e. The molecular formula is C12H17NO. The molecule has 0 amide bonds. The lowest BCUT2D eigenvalue weighted by atomic mass is 10.0. The molecule has 1 heterocycles. The molecule has 1 unspecified atom stereocenters. The lowest BCUT2D eigenvalue weighted by Gasteiger charge is -2.09. The molecule has 76 valence electrons. The van der Waals surface area contributed by atoms with Crippen LogP contribution in [0.4, 0.5) is 0 Å². The summed E-state index contributed by atoms with van der Waals surface area (Å²) in [5.74, 6) is 0.941. The Labute approximate surface area is 84.8 Å². The first-order valence-corrected chi connectivity index (χ1v) is 5.24. The number of nitrogens with two attached hydrogens (primary N) is 1. The topological polar surface area (TPSA) is 39.2 Å². The maximum Gasteiger partial charge on any atom is 0.101 e. The Hall–Kier alpha value is -1.02. The van der Waals surface area contributed by atoms with Crippen molar-refractivity contribution in [1.82, 2.24) is 0 Å². The van der Waals surface area contributed by atoms with E-state index in [9.17, 15) is 0 Å². The zero-order chi connectivity index (χ0) is 9.97. The number of rotatable bonds is 3. The van der Waals surface area contributed by atoms with Gasteiger partial charge in [-0.3, -0.25) is 0 Å². The van der Waals surface area contributed by atoms with Crippen molar-refractivity contribution in [2.45, 2.75) is 38.6 Å². The van der Waals surface area contributed by atoms with Crippen LogP contribution >= 0.6 is 0 Å². The lowest BCUT2D eigenvalue weighted by Crippen LogP contribution is -2.09. The Bertz CT molecular complexity index is 338. The molecule has 0 radical (unpaired) electrons. The summed E-state index contributed by atoms with van der Waals surface area (Å²) in [7, 11) is 0. The van der Waals surface area contributed by atoms with E-state index in [0.29, 0.717) is 0 Å². The molecule has 0 bridgehead atoms. The van der Waals surface area contributed by atoms with E-state index in [4.69, 9.17) is 10.2 Å². The average molecular weight is 191 g/mol. The average Bonchev–Trinajstić information content (AvgIpc) is 2.75. The second-order valence-corrected chi connectivity index (χ2v) is 4.06. The van der Waals surface area contributed by atoms with Crippen LogP contribution in [0.15, 0.2) is 28.4 Å². The molecule has 0 aromatic carbocycles. The summed E-state index contributed by atoms with van der Waals surface area (Å²) in [5.41, 5.74) is 8.72. The lowest BCUT2D eigenvalue weighted by molar-refractivity contribution is 0.528. The normalized spacial score (nSPS) is 18.3. The molecule has 1 aliphatic carbocycles. The van der Waals surface area contributed by atoms with Crippen molar-refractivity contribution in [3.63, 3.8) is 0 Å². The van der Waals surface area contributed by atoms with Gasteiger partial charge in [0.25, 0.3) is 0 Å². The van der Waals surface area contributed by atoms with Gasteiger partial charge in [-0.25, -0.2) is 0 Å². The molecule has 1 aromatic heterocycles. The number of allylic oxidation sites excluding steroid dienone is 1. The first-order chi connectivity index (χ1) is 6.75. The van der Waals surface area contributed by atoms with Crippen molar-refractivity contribution < 1.29 is 4.42 Å². The van der Waals surface area contributed by atoms with Gasteiger partial charge < -0.3 is 10.2 Å². The number of furan rings is 1. The SMILES string of the molecule is Cc1cc(C(N)CC2=CCCC2)co1. The monoisotopic (exact) mass is 191 g/mol. The fourth-order valence-corrected chi connectivity index (χ4v) is 1.98. The van der Waals surface area contributed by atoms with Crippen molar-refractivity contribution in [3.8, 4) is 0 Å². The third-order valence-corrected chi connectivity index (χ3v) is 2.80. The van der Waals surface area contributed by atoms with Crippen LogP contribution in [0.1, 0.15) is 43.0 Å². The minimum absolute atomic E-state index is 0.108. The Kier molecular flexibility index (Phi) is 2.73. The van der Waals surface area contributed by atoms with E-state index in [1.165, 1.54) is 24.8 Å². The molecule has 0 saturated heterocycles. The molecular weight excluding hydrogens is 174 g/mol. The van der Waals surface area contributed by atoms with Crippen molar-refractivity contribution in [3.05, 3.63) is 35.3 Å². The zero-order valence-corrected chi connectivity index (χ0v) is 8.62. The van der Waals surface area contributed by atoms with Crippen molar-refractivity contribution in [2.75, 3.05) is 0 Å². The molecule has 0 spiro atoms. The van der Waals surface area contributed by atoms with E-state index < -0.39 is 0 Å². The van der Waals surface area contributed by atoms with E-state index in [2.05, 4.69) is 6.08 Å². The van der Waals surface area contributed by atoms with Crippen LogP contribution in [0, 0.1) is 6.92 Å². The molecule has 1 aliphatic rings. The van der Waals surface area contributed by atoms with Crippen molar-refractivity contribution in [2.24, 2.45) is 5.73 Å². The molecule has 14 heavy (non-hydrogen) atoms. The summed E-state index contributed by atoms with van der Waals surface area (Å²) < 4.78 is 5.25. The van der Waals surface area contributed by atoms with Gasteiger partial charge in [0.1, 0.15) is 5.76 Å². The molecule has 0 aliphatic heterocycles. The third-order valence-electron chi connectivity index (χ3n) is 2.80. The highest BCUT2D eigenvalue weighted by atomic mass is 16.3. The quantitative estimate of drug-likeness (QED) is 0.746. The predicted octanol–water partition coefficient (Wildman–Crippen LogP) is 3.09. The van der Waals surface area contributed by atoms with Crippen LogP contribution in [0.3, 0.4) is 0 Å². The Balaban J connectivity index is 1.98. The minimum Gasteiger partial charge on any atom is -0.469 e. The smallest absolute Gasteiger partial charge is 0.101 e. The maximum atomic E-state index is 6.09. The summed E-state index contributed by atoms with van der Waals surface area (Å²) in [5, 5.41) is 0. The summed E-state index contributed by atoms with van der Waals surface area (Å²) >= 11 is 0. The Morgan fingerprint density at radius 3 is 3.00 bits per heavy atom. The van der Waals surface area contributed by atoms with Crippen LogP contribution in [-0.2, 0) is 0 Å². The van der Waals surface area contributed by atoms with Crippen molar-refractivity contribution >= 4 is 0 Å². The Morgan fingerprint density at radius 1 is 1.57 bits per heavy atom. The summed E-state index contributed by atoms with van der Waals surface area (Å²) in [6, 6.07) is 2.14. The number of hydrogen-bond acceptors (Lipinski definition) is 2. The van der Waals surface area contributed by atoms with E-state index in [-0.39, 0.29) is 6.04 Å². The van der Waals surface area contributed by atoms with E-state index >= 15 is 0 Å². The van der Waals surface area contributed by atoms with Gasteiger partial charge in [0.05, 0.1) is 6.26 Å². The fraction of sp³-hybridized carbons (Fsp3) is 0.500. The number of aryl methyl sites for hydroxylation is 1. The van der Waals surface area contributed by atoms with Gasteiger partial charge in [-0.05, 0) is 38.7 Å². The summed E-state index contributed by atoms with van der Waals surface area (Å²) in [6.45, 7) is 1.95. The zero-order valence-electron chi connectivity index (χ0n) is 8.62. The standard InChI is InChI=1S/C12H17NO/c1-9-6-11(8-14-9)12(13)7-10-4-2-3-5-10/h4,6,8,12H,2-3,5,7,13H2,1H3. The van der Waals surface area contributed by atoms with Gasteiger partial charge in [-0.1, -0.05) is 11.6 Å². The van der Waals surface area contributed by atoms with E-state index in [1.54, 1.807) is 6.26 Å². The maximum absolute atomic E-state index is 6.09. The highest BCUT2D eigenvalue weighted by molar-refractivity contribution is 5.19. The van der Waals surface area contributed by atoms with Crippen molar-refractivity contribution in [1.29, 1.82) is 0 Å². The molecule has 1 aromatic rings. The minimum atomic E-state index is 0.108. The van der Waals surface area contributed by atoms with E-state index in [0.717, 1.165) is 17.7 Å². The summed E-state index contributed by atoms with van der Waals surface area (Å²) in [6.07, 6.45) is 8.84. The van der Waals surface area contributed by atoms with Crippen LogP contribution in [0.2, 0.25) is 0 Å². The van der Waals surface area contributed by atoms with Gasteiger partial charge in [-0.15, -0.1) is 0 Å². The summed E-state index contributed by atoms with van der Waals surface area (Å²) in [4.78, 5) is 0. The molecule has 2 N–H and O–H groups in total. The number of hydrogen-bond donors (Lipinski definition) is 1. The highest BCUT2D eigenvalue weighted by Gasteiger charge is 2.13. The van der Waals surface area contributed by atoms with Gasteiger partial charge in [0.15, 0.2) is 0 Å². The van der Waals surface area contributed by atoms with Crippen LogP contribution in [0.5, 0.6) is 0 Å². The first kappa shape index (κ1) is 9.53. The van der Waals surface area contributed by atoms with Crippen LogP contribution in [-0.4, -0.2) is 0 Å². The molecule has 2 heteroatoms. The van der Waals surface area contributed by atoms with Gasteiger partial charge in [0, 0.05) is 11.6 Å². The van der Waals surface area contributed by atoms with Gasteiger partial charge >= 0.3 is 0 Å².